The minimum absolute atomic E-state index is 0.0455. The van der Waals surface area contributed by atoms with Gasteiger partial charge in [0.15, 0.2) is 0 Å². The molecule has 2 rings (SSSR count). The van der Waals surface area contributed by atoms with E-state index >= 15 is 0 Å². The van der Waals surface area contributed by atoms with Crippen molar-refractivity contribution in [1.29, 1.82) is 0 Å². The summed E-state index contributed by atoms with van der Waals surface area (Å²) in [7, 11) is 0. The number of ether oxygens (including phenoxy) is 1. The highest BCUT2D eigenvalue weighted by molar-refractivity contribution is 6.31. The molecule has 0 radical (unpaired) electrons. The van der Waals surface area contributed by atoms with E-state index in [-0.39, 0.29) is 17.2 Å². The van der Waals surface area contributed by atoms with E-state index in [4.69, 9.17) is 16.3 Å². The summed E-state index contributed by atoms with van der Waals surface area (Å²) in [6.45, 7) is 3.64. The molecule has 1 aromatic carbocycles. The van der Waals surface area contributed by atoms with Gasteiger partial charge in [0.2, 0.25) is 5.91 Å². The van der Waals surface area contributed by atoms with Crippen molar-refractivity contribution in [1.82, 2.24) is 10.2 Å². The van der Waals surface area contributed by atoms with Gasteiger partial charge in [-0.3, -0.25) is 9.59 Å². The number of phenolic OH excluding ortho intramolecular Hbond substituents is 1. The van der Waals surface area contributed by atoms with Crippen LogP contribution in [0.4, 0.5) is 0 Å². The fourth-order valence-electron chi connectivity index (χ4n) is 2.08. The van der Waals surface area contributed by atoms with Gasteiger partial charge in [-0.25, -0.2) is 0 Å². The molecule has 1 aromatic rings. The van der Waals surface area contributed by atoms with Gasteiger partial charge in [0.25, 0.3) is 5.91 Å². The minimum Gasteiger partial charge on any atom is -0.507 e. The molecule has 6 nitrogen and oxygen atoms in total. The second kappa shape index (κ2) is 6.78. The molecule has 2 N–H and O–H groups in total. The molecule has 1 saturated heterocycles. The van der Waals surface area contributed by atoms with Crippen LogP contribution in [-0.4, -0.2) is 54.2 Å². The maximum Gasteiger partial charge on any atom is 0.255 e. The third-order valence-corrected chi connectivity index (χ3v) is 3.48. The Morgan fingerprint density at radius 2 is 2.05 bits per heavy atom. The van der Waals surface area contributed by atoms with Crippen LogP contribution in [0, 0.1) is 0 Å². The Morgan fingerprint density at radius 3 is 2.71 bits per heavy atom. The second-order valence-corrected chi connectivity index (χ2v) is 5.23. The topological polar surface area (TPSA) is 78.9 Å². The number of carbonyl (C=O) groups excluding carboxylic acids is 2. The molecule has 0 aromatic heterocycles. The first-order valence-electron chi connectivity index (χ1n) is 6.65. The number of benzene rings is 1. The van der Waals surface area contributed by atoms with Gasteiger partial charge in [0, 0.05) is 18.1 Å². The van der Waals surface area contributed by atoms with Crippen molar-refractivity contribution >= 4 is 23.4 Å². The normalized spacial score (nSPS) is 16.4. The molecule has 0 aliphatic carbocycles. The molecule has 1 atom stereocenters. The first-order valence-corrected chi connectivity index (χ1v) is 7.02. The number of halogens is 1. The van der Waals surface area contributed by atoms with Crippen LogP contribution in [0.3, 0.4) is 0 Å². The van der Waals surface area contributed by atoms with Crippen LogP contribution in [0.2, 0.25) is 5.02 Å². The predicted molar refractivity (Wildman–Crippen MR) is 77.4 cm³/mol. The number of morpholine rings is 1. The lowest BCUT2D eigenvalue weighted by atomic mass is 10.1. The lowest BCUT2D eigenvalue weighted by molar-refractivity contribution is -0.136. The molecule has 1 fully saturated rings. The molecule has 2 amide bonds. The summed E-state index contributed by atoms with van der Waals surface area (Å²) in [5, 5.41) is 12.6. The number of nitrogens with zero attached hydrogens (tertiary/aromatic N) is 1. The Kier molecular flexibility index (Phi) is 5.03. The summed E-state index contributed by atoms with van der Waals surface area (Å²) in [5.74, 6) is -0.889. The zero-order valence-electron chi connectivity index (χ0n) is 11.6. The second-order valence-electron chi connectivity index (χ2n) is 4.79. The van der Waals surface area contributed by atoms with Gasteiger partial charge in [-0.2, -0.15) is 0 Å². The van der Waals surface area contributed by atoms with Gasteiger partial charge >= 0.3 is 0 Å². The Bertz CT molecular complexity index is 544. The average Bonchev–Trinajstić information content (AvgIpc) is 2.49. The molecule has 0 bridgehead atoms. The highest BCUT2D eigenvalue weighted by Gasteiger charge is 2.24. The summed E-state index contributed by atoms with van der Waals surface area (Å²) < 4.78 is 5.18. The first kappa shape index (κ1) is 15.6. The molecule has 1 aliphatic rings. The zero-order chi connectivity index (χ0) is 15.4. The van der Waals surface area contributed by atoms with E-state index in [9.17, 15) is 14.7 Å². The number of phenols is 1. The summed E-state index contributed by atoms with van der Waals surface area (Å²) in [6, 6.07) is 3.49. The van der Waals surface area contributed by atoms with Crippen molar-refractivity contribution in [2.24, 2.45) is 0 Å². The third kappa shape index (κ3) is 3.86. The molecule has 114 valence electrons. The minimum atomic E-state index is -0.686. The van der Waals surface area contributed by atoms with Gasteiger partial charge in [0.1, 0.15) is 11.8 Å². The molecule has 1 aliphatic heterocycles. The van der Waals surface area contributed by atoms with Crippen LogP contribution in [0.25, 0.3) is 0 Å². The molecular weight excluding hydrogens is 296 g/mol. The number of hydrogen-bond acceptors (Lipinski definition) is 4. The quantitative estimate of drug-likeness (QED) is 0.873. The molecular formula is C14H17ClN2O4. The lowest BCUT2D eigenvalue weighted by Gasteiger charge is -2.29. The Hall–Kier alpha value is -1.79. The monoisotopic (exact) mass is 312 g/mol. The molecule has 1 unspecified atom stereocenters. The molecule has 0 saturated carbocycles. The zero-order valence-corrected chi connectivity index (χ0v) is 12.4. The van der Waals surface area contributed by atoms with Crippen molar-refractivity contribution in [3.05, 3.63) is 28.8 Å². The fourth-order valence-corrected chi connectivity index (χ4v) is 2.26. The van der Waals surface area contributed by atoms with Crippen LogP contribution in [-0.2, 0) is 9.53 Å². The van der Waals surface area contributed by atoms with Gasteiger partial charge in [-0.05, 0) is 25.1 Å². The standard InChI is InChI=1S/C14H17ClN2O4/c1-9(14(20)17-4-6-21-7-5-17)16-13(19)11-8-10(15)2-3-12(11)18/h2-3,8-9,18H,4-7H2,1H3,(H,16,19). The van der Waals surface area contributed by atoms with E-state index in [1.165, 1.54) is 18.2 Å². The lowest BCUT2D eigenvalue weighted by Crippen LogP contribution is -2.50. The Morgan fingerprint density at radius 1 is 1.38 bits per heavy atom. The summed E-state index contributed by atoms with van der Waals surface area (Å²) in [5.41, 5.74) is 0.0455. The highest BCUT2D eigenvalue weighted by atomic mass is 35.5. The van der Waals surface area contributed by atoms with Crippen LogP contribution in [0.1, 0.15) is 17.3 Å². The predicted octanol–water partition coefficient (Wildman–Crippen LogP) is 1.02. The van der Waals surface area contributed by atoms with Crippen molar-refractivity contribution < 1.29 is 19.4 Å². The first-order chi connectivity index (χ1) is 9.99. The number of nitrogens with one attached hydrogen (secondary N) is 1. The van der Waals surface area contributed by atoms with Gasteiger partial charge in [0.05, 0.1) is 18.8 Å². The fraction of sp³-hybridized carbons (Fsp3) is 0.429. The summed E-state index contributed by atoms with van der Waals surface area (Å²) >= 11 is 5.80. The van der Waals surface area contributed by atoms with Crippen LogP contribution < -0.4 is 5.32 Å². The van der Waals surface area contributed by atoms with E-state index < -0.39 is 11.9 Å². The average molecular weight is 313 g/mol. The Labute approximate surface area is 127 Å². The van der Waals surface area contributed by atoms with E-state index in [1.807, 2.05) is 0 Å². The van der Waals surface area contributed by atoms with Crippen LogP contribution >= 0.6 is 11.6 Å². The smallest absolute Gasteiger partial charge is 0.255 e. The maximum atomic E-state index is 12.2. The SMILES string of the molecule is CC(NC(=O)c1cc(Cl)ccc1O)C(=O)N1CCOCC1. The number of aromatic hydroxyl groups is 1. The maximum absolute atomic E-state index is 12.2. The van der Waals surface area contributed by atoms with Crippen molar-refractivity contribution in [2.75, 3.05) is 26.3 Å². The number of rotatable bonds is 3. The number of amides is 2. The van der Waals surface area contributed by atoms with E-state index in [2.05, 4.69) is 5.32 Å². The molecule has 21 heavy (non-hydrogen) atoms. The van der Waals surface area contributed by atoms with E-state index in [0.29, 0.717) is 31.3 Å². The van der Waals surface area contributed by atoms with Crippen molar-refractivity contribution in [3.8, 4) is 5.75 Å². The summed E-state index contributed by atoms with van der Waals surface area (Å²) in [6.07, 6.45) is 0. The van der Waals surface area contributed by atoms with Gasteiger partial charge < -0.3 is 20.1 Å². The molecule has 0 spiro atoms. The van der Waals surface area contributed by atoms with Crippen molar-refractivity contribution in [3.63, 3.8) is 0 Å². The highest BCUT2D eigenvalue weighted by Crippen LogP contribution is 2.21. The third-order valence-electron chi connectivity index (χ3n) is 3.24. The summed E-state index contributed by atoms with van der Waals surface area (Å²) in [4.78, 5) is 25.9. The van der Waals surface area contributed by atoms with E-state index in [0.717, 1.165) is 0 Å². The van der Waals surface area contributed by atoms with Crippen molar-refractivity contribution in [2.45, 2.75) is 13.0 Å². The Balaban J connectivity index is 2.01. The number of hydrogen-bond donors (Lipinski definition) is 2. The largest absolute Gasteiger partial charge is 0.507 e. The molecule has 1 heterocycles. The number of carbonyl (C=O) groups is 2. The van der Waals surface area contributed by atoms with Gasteiger partial charge in [-0.1, -0.05) is 11.6 Å². The van der Waals surface area contributed by atoms with Gasteiger partial charge in [-0.15, -0.1) is 0 Å². The van der Waals surface area contributed by atoms with Crippen LogP contribution in [0.5, 0.6) is 5.75 Å². The van der Waals surface area contributed by atoms with E-state index in [1.54, 1.807) is 11.8 Å². The van der Waals surface area contributed by atoms with Crippen LogP contribution in [0.15, 0.2) is 18.2 Å². The molecule has 7 heteroatoms.